The van der Waals surface area contributed by atoms with Gasteiger partial charge in [-0.1, -0.05) is 12.1 Å². The van der Waals surface area contributed by atoms with Crippen LogP contribution in [0, 0.1) is 5.92 Å². The van der Waals surface area contributed by atoms with E-state index in [1.807, 2.05) is 18.2 Å². The second-order valence-electron chi connectivity index (χ2n) is 6.79. The summed E-state index contributed by atoms with van der Waals surface area (Å²) in [5.74, 6) is 1.02. The Morgan fingerprint density at radius 3 is 2.85 bits per heavy atom. The molecule has 2 atom stereocenters. The van der Waals surface area contributed by atoms with Crippen LogP contribution in [-0.2, 0) is 9.53 Å². The van der Waals surface area contributed by atoms with Gasteiger partial charge in [0.2, 0.25) is 0 Å². The first kappa shape index (κ1) is 17.1. The lowest BCUT2D eigenvalue weighted by Gasteiger charge is -2.37. The smallest absolute Gasteiger partial charge is 0.324 e. The summed E-state index contributed by atoms with van der Waals surface area (Å²) >= 11 is 0. The molecule has 0 radical (unpaired) electrons. The summed E-state index contributed by atoms with van der Waals surface area (Å²) in [6.45, 7) is 5.37. The molecule has 1 aromatic carbocycles. The third-order valence-electron chi connectivity index (χ3n) is 5.23. The summed E-state index contributed by atoms with van der Waals surface area (Å²) in [5, 5.41) is 1.10. The molecule has 26 heavy (non-hydrogen) atoms. The van der Waals surface area contributed by atoms with Crippen molar-refractivity contribution < 1.29 is 9.53 Å². The first-order valence-electron chi connectivity index (χ1n) is 8.99. The standard InChI is InChI=1S/C18H24N6O2/c1-26-18(25)16-13(10-21-22-16)11-23-6-8-24(9-7-23)17-14-4-2-3-5-15(14)19-12-20-17/h2-5,12-13,16,21-22H,6-11H2,1H3. The molecular formula is C18H24N6O2. The average Bonchev–Trinajstić information content (AvgIpc) is 3.16. The van der Waals surface area contributed by atoms with Gasteiger partial charge in [-0.3, -0.25) is 15.1 Å². The van der Waals surface area contributed by atoms with Crippen LogP contribution in [0.5, 0.6) is 0 Å². The summed E-state index contributed by atoms with van der Waals surface area (Å²) in [4.78, 5) is 25.5. The van der Waals surface area contributed by atoms with E-state index in [0.717, 1.165) is 56.0 Å². The van der Waals surface area contributed by atoms with Crippen LogP contribution >= 0.6 is 0 Å². The summed E-state index contributed by atoms with van der Waals surface area (Å²) < 4.78 is 4.89. The third kappa shape index (κ3) is 3.35. The van der Waals surface area contributed by atoms with Crippen LogP contribution in [-0.4, -0.2) is 73.3 Å². The van der Waals surface area contributed by atoms with Gasteiger partial charge in [-0.15, -0.1) is 0 Å². The molecule has 3 heterocycles. The molecule has 2 aromatic rings. The number of ether oxygens (including phenoxy) is 1. The van der Waals surface area contributed by atoms with Crippen molar-refractivity contribution in [2.24, 2.45) is 5.92 Å². The molecule has 0 saturated carbocycles. The predicted molar refractivity (Wildman–Crippen MR) is 98.6 cm³/mol. The van der Waals surface area contributed by atoms with Crippen LogP contribution in [0.2, 0.25) is 0 Å². The molecule has 2 aliphatic heterocycles. The molecule has 8 heteroatoms. The molecule has 0 spiro atoms. The number of carbonyl (C=O) groups is 1. The number of para-hydroxylation sites is 1. The highest BCUT2D eigenvalue weighted by atomic mass is 16.5. The molecule has 0 aliphatic carbocycles. The number of piperazine rings is 1. The summed E-state index contributed by atoms with van der Waals surface area (Å²) in [6, 6.07) is 7.85. The number of hydrogen-bond donors (Lipinski definition) is 2. The number of methoxy groups -OCH3 is 1. The van der Waals surface area contributed by atoms with E-state index in [1.165, 1.54) is 7.11 Å². The highest BCUT2D eigenvalue weighted by molar-refractivity contribution is 5.89. The molecule has 2 unspecified atom stereocenters. The number of rotatable bonds is 4. The Hall–Kier alpha value is -2.29. The highest BCUT2D eigenvalue weighted by Gasteiger charge is 2.35. The quantitative estimate of drug-likeness (QED) is 0.742. The molecular weight excluding hydrogens is 332 g/mol. The van der Waals surface area contributed by atoms with E-state index in [9.17, 15) is 4.79 Å². The zero-order valence-electron chi connectivity index (χ0n) is 14.9. The van der Waals surface area contributed by atoms with Crippen molar-refractivity contribution in [3.05, 3.63) is 30.6 Å². The highest BCUT2D eigenvalue weighted by Crippen LogP contribution is 2.24. The molecule has 2 fully saturated rings. The number of nitrogens with zero attached hydrogens (tertiary/aromatic N) is 4. The number of fused-ring (bicyclic) bond motifs is 1. The maximum absolute atomic E-state index is 11.9. The Bertz CT molecular complexity index is 772. The van der Waals surface area contributed by atoms with Gasteiger partial charge < -0.3 is 9.64 Å². The fraction of sp³-hybridized carbons (Fsp3) is 0.500. The lowest BCUT2D eigenvalue weighted by atomic mass is 10.0. The van der Waals surface area contributed by atoms with Crippen molar-refractivity contribution in [3.8, 4) is 0 Å². The Morgan fingerprint density at radius 1 is 1.23 bits per heavy atom. The Labute approximate surface area is 152 Å². The number of benzene rings is 1. The topological polar surface area (TPSA) is 82.6 Å². The van der Waals surface area contributed by atoms with Crippen LogP contribution < -0.4 is 15.8 Å². The van der Waals surface area contributed by atoms with Crippen molar-refractivity contribution in [1.29, 1.82) is 0 Å². The minimum absolute atomic E-state index is 0.203. The lowest BCUT2D eigenvalue weighted by Crippen LogP contribution is -2.50. The summed E-state index contributed by atoms with van der Waals surface area (Å²) in [6.07, 6.45) is 1.64. The van der Waals surface area contributed by atoms with Crippen molar-refractivity contribution in [3.63, 3.8) is 0 Å². The van der Waals surface area contributed by atoms with E-state index in [-0.39, 0.29) is 17.9 Å². The fourth-order valence-corrected chi connectivity index (χ4v) is 3.80. The predicted octanol–water partition coefficient (Wildman–Crippen LogP) is 0.0174. The van der Waals surface area contributed by atoms with Gasteiger partial charge in [-0.05, 0) is 12.1 Å². The van der Waals surface area contributed by atoms with E-state index in [4.69, 9.17) is 4.74 Å². The second-order valence-corrected chi connectivity index (χ2v) is 6.79. The van der Waals surface area contributed by atoms with Gasteiger partial charge in [0.05, 0.1) is 12.6 Å². The number of esters is 1. The van der Waals surface area contributed by atoms with Gasteiger partial charge in [0.15, 0.2) is 0 Å². The van der Waals surface area contributed by atoms with E-state index in [0.29, 0.717) is 0 Å². The van der Waals surface area contributed by atoms with Crippen LogP contribution in [0.15, 0.2) is 30.6 Å². The molecule has 4 rings (SSSR count). The number of carbonyl (C=O) groups excluding carboxylic acids is 1. The number of hydrogen-bond acceptors (Lipinski definition) is 8. The maximum atomic E-state index is 11.9. The number of nitrogens with one attached hydrogen (secondary N) is 2. The molecule has 2 saturated heterocycles. The summed E-state index contributed by atoms with van der Waals surface area (Å²) in [5.41, 5.74) is 7.08. The van der Waals surface area contributed by atoms with Gasteiger partial charge in [0.25, 0.3) is 0 Å². The van der Waals surface area contributed by atoms with Crippen molar-refractivity contribution in [2.45, 2.75) is 6.04 Å². The number of hydrazine groups is 1. The molecule has 8 nitrogen and oxygen atoms in total. The summed E-state index contributed by atoms with van der Waals surface area (Å²) in [7, 11) is 1.43. The van der Waals surface area contributed by atoms with E-state index >= 15 is 0 Å². The molecule has 138 valence electrons. The number of aromatic nitrogens is 2. The van der Waals surface area contributed by atoms with Crippen molar-refractivity contribution >= 4 is 22.7 Å². The fourth-order valence-electron chi connectivity index (χ4n) is 3.80. The largest absolute Gasteiger partial charge is 0.468 e. The molecule has 2 N–H and O–H groups in total. The van der Waals surface area contributed by atoms with Crippen LogP contribution in [0.3, 0.4) is 0 Å². The minimum atomic E-state index is -0.274. The molecule has 1 aromatic heterocycles. The van der Waals surface area contributed by atoms with E-state index in [1.54, 1.807) is 6.33 Å². The lowest BCUT2D eigenvalue weighted by molar-refractivity contribution is -0.144. The van der Waals surface area contributed by atoms with Gasteiger partial charge in [-0.2, -0.15) is 0 Å². The van der Waals surface area contributed by atoms with Gasteiger partial charge >= 0.3 is 5.97 Å². The van der Waals surface area contributed by atoms with Crippen molar-refractivity contribution in [1.82, 2.24) is 25.7 Å². The molecule has 0 amide bonds. The number of anilines is 1. The maximum Gasteiger partial charge on any atom is 0.324 e. The van der Waals surface area contributed by atoms with Crippen LogP contribution in [0.1, 0.15) is 0 Å². The van der Waals surface area contributed by atoms with Crippen LogP contribution in [0.4, 0.5) is 5.82 Å². The first-order valence-corrected chi connectivity index (χ1v) is 8.99. The Morgan fingerprint density at radius 2 is 2.04 bits per heavy atom. The van der Waals surface area contributed by atoms with E-state index in [2.05, 4.69) is 36.7 Å². The molecule has 2 aliphatic rings. The average molecular weight is 356 g/mol. The van der Waals surface area contributed by atoms with Gasteiger partial charge in [0.1, 0.15) is 18.2 Å². The van der Waals surface area contributed by atoms with Gasteiger partial charge in [-0.25, -0.2) is 15.4 Å². The normalized spacial score (nSPS) is 24.1. The minimum Gasteiger partial charge on any atom is -0.468 e. The van der Waals surface area contributed by atoms with Crippen molar-refractivity contribution in [2.75, 3.05) is 51.3 Å². The van der Waals surface area contributed by atoms with Crippen LogP contribution in [0.25, 0.3) is 10.9 Å². The SMILES string of the molecule is COC(=O)C1NNCC1CN1CCN(c2ncnc3ccccc23)CC1. The first-order chi connectivity index (χ1) is 12.8. The monoisotopic (exact) mass is 356 g/mol. The third-order valence-corrected chi connectivity index (χ3v) is 5.23. The Balaban J connectivity index is 1.39. The van der Waals surface area contributed by atoms with Gasteiger partial charge in [0, 0.05) is 50.6 Å². The second kappa shape index (κ2) is 7.53. The van der Waals surface area contributed by atoms with E-state index < -0.39 is 0 Å². The zero-order valence-corrected chi connectivity index (χ0v) is 14.9. The Kier molecular flexibility index (Phi) is 4.96. The molecule has 0 bridgehead atoms. The zero-order chi connectivity index (χ0) is 17.9.